The molecule has 7 heteroatoms. The van der Waals surface area contributed by atoms with Crippen molar-refractivity contribution in [1.29, 1.82) is 0 Å². The first-order valence-electron chi connectivity index (χ1n) is 10.8. The summed E-state index contributed by atoms with van der Waals surface area (Å²) >= 11 is 0. The fraction of sp³-hybridized carbons (Fsp3) is 0.185. The lowest BCUT2D eigenvalue weighted by Crippen LogP contribution is -2.30. The Morgan fingerprint density at radius 2 is 1.82 bits per heavy atom. The topological polar surface area (TPSA) is 83.7 Å². The summed E-state index contributed by atoms with van der Waals surface area (Å²) in [6.07, 6.45) is 1.65. The number of carbonyl (C=O) groups excluding carboxylic acids is 1. The number of methoxy groups -OCH3 is 1. The zero-order chi connectivity index (χ0) is 23.9. The van der Waals surface area contributed by atoms with E-state index >= 15 is 0 Å². The average molecular weight is 461 g/mol. The van der Waals surface area contributed by atoms with Gasteiger partial charge in [0, 0.05) is 11.4 Å². The normalized spacial score (nSPS) is 11.7. The summed E-state index contributed by atoms with van der Waals surface area (Å²) in [5, 5.41) is 0.317. The van der Waals surface area contributed by atoms with Crippen molar-refractivity contribution >= 4 is 16.9 Å². The Labute approximate surface area is 197 Å². The number of hydrogen-bond acceptors (Lipinski definition) is 6. The molecule has 0 saturated carbocycles. The van der Waals surface area contributed by atoms with Crippen LogP contribution < -0.4 is 15.2 Å². The van der Waals surface area contributed by atoms with Gasteiger partial charge in [-0.25, -0.2) is 9.18 Å². The Morgan fingerprint density at radius 1 is 1.03 bits per heavy atom. The molecule has 0 fully saturated rings. The van der Waals surface area contributed by atoms with Crippen molar-refractivity contribution in [3.8, 4) is 11.5 Å². The number of aromatic nitrogens is 1. The third kappa shape index (κ3) is 5.68. The maximum atomic E-state index is 14.0. The molecule has 1 heterocycles. The lowest BCUT2D eigenvalue weighted by molar-refractivity contribution is 0.0470. The van der Waals surface area contributed by atoms with Crippen LogP contribution in [-0.4, -0.2) is 30.7 Å². The van der Waals surface area contributed by atoms with E-state index in [1.807, 2.05) is 54.6 Å². The highest BCUT2D eigenvalue weighted by Gasteiger charge is 2.20. The van der Waals surface area contributed by atoms with Crippen LogP contribution in [0.15, 0.2) is 79.0 Å². The highest BCUT2D eigenvalue weighted by atomic mass is 19.1. The van der Waals surface area contributed by atoms with Gasteiger partial charge in [-0.2, -0.15) is 0 Å². The maximum Gasteiger partial charge on any atom is 0.342 e. The molecular weight excluding hydrogens is 435 g/mol. The highest BCUT2D eigenvalue weighted by Crippen LogP contribution is 2.29. The van der Waals surface area contributed by atoms with Gasteiger partial charge in [0.05, 0.1) is 18.8 Å². The standard InChI is InChI=1S/C27H25FN2O4/c1-32-22-9-5-8-19(13-22)12-21(29)17-33-25-11-10-24-23(14-20(28)15-30-24)26(25)27(31)34-16-18-6-3-2-4-7-18/h2-11,13-15,21H,12,16-17,29H2,1H3/t21-/m1/s1. The number of hydrogen-bond donors (Lipinski definition) is 1. The minimum atomic E-state index is -0.627. The molecule has 0 aliphatic heterocycles. The van der Waals surface area contributed by atoms with Crippen molar-refractivity contribution in [2.75, 3.05) is 13.7 Å². The van der Waals surface area contributed by atoms with Gasteiger partial charge in [0.15, 0.2) is 0 Å². The molecule has 0 unspecified atom stereocenters. The summed E-state index contributed by atoms with van der Waals surface area (Å²) in [5.74, 6) is -0.174. The smallest absolute Gasteiger partial charge is 0.342 e. The number of esters is 1. The van der Waals surface area contributed by atoms with Crippen molar-refractivity contribution in [1.82, 2.24) is 4.98 Å². The number of pyridine rings is 1. The van der Waals surface area contributed by atoms with E-state index in [1.54, 1.807) is 19.2 Å². The van der Waals surface area contributed by atoms with Gasteiger partial charge >= 0.3 is 5.97 Å². The monoisotopic (exact) mass is 460 g/mol. The zero-order valence-corrected chi connectivity index (χ0v) is 18.7. The van der Waals surface area contributed by atoms with E-state index in [1.165, 1.54) is 6.07 Å². The molecule has 2 N–H and O–H groups in total. The van der Waals surface area contributed by atoms with E-state index in [-0.39, 0.29) is 30.6 Å². The van der Waals surface area contributed by atoms with Crippen LogP contribution in [0.1, 0.15) is 21.5 Å². The number of fused-ring (bicyclic) bond motifs is 1. The molecule has 0 bridgehead atoms. The summed E-state index contributed by atoms with van der Waals surface area (Å²) in [5.41, 5.74) is 8.71. The van der Waals surface area contributed by atoms with Gasteiger partial charge in [-0.05, 0) is 47.9 Å². The molecule has 0 amide bonds. The average Bonchev–Trinajstić information content (AvgIpc) is 2.86. The van der Waals surface area contributed by atoms with E-state index in [2.05, 4.69) is 4.98 Å². The molecule has 3 aromatic carbocycles. The van der Waals surface area contributed by atoms with Crippen LogP contribution in [-0.2, 0) is 17.8 Å². The predicted molar refractivity (Wildman–Crippen MR) is 127 cm³/mol. The summed E-state index contributed by atoms with van der Waals surface area (Å²) in [7, 11) is 1.61. The Kier molecular flexibility index (Phi) is 7.34. The summed E-state index contributed by atoms with van der Waals surface area (Å²) in [4.78, 5) is 17.1. The number of rotatable bonds is 9. The Morgan fingerprint density at radius 3 is 2.62 bits per heavy atom. The fourth-order valence-electron chi connectivity index (χ4n) is 3.64. The van der Waals surface area contributed by atoms with Gasteiger partial charge in [-0.1, -0.05) is 42.5 Å². The van der Waals surface area contributed by atoms with Crippen molar-refractivity contribution < 1.29 is 23.4 Å². The van der Waals surface area contributed by atoms with Gasteiger partial charge in [-0.3, -0.25) is 4.98 Å². The molecule has 1 aromatic heterocycles. The van der Waals surface area contributed by atoms with Gasteiger partial charge in [0.1, 0.15) is 36.1 Å². The Hall–Kier alpha value is -3.97. The third-order valence-electron chi connectivity index (χ3n) is 5.30. The Bertz CT molecular complexity index is 1280. The number of carbonyl (C=O) groups is 1. The van der Waals surface area contributed by atoms with E-state index in [0.29, 0.717) is 17.3 Å². The quantitative estimate of drug-likeness (QED) is 0.365. The van der Waals surface area contributed by atoms with Crippen LogP contribution in [0.25, 0.3) is 10.9 Å². The summed E-state index contributed by atoms with van der Waals surface area (Å²) in [6, 6.07) is 21.1. The molecule has 34 heavy (non-hydrogen) atoms. The SMILES string of the molecule is COc1cccc(C[C@@H](N)COc2ccc3ncc(F)cc3c2C(=O)OCc2ccccc2)c1. The van der Waals surface area contributed by atoms with Crippen LogP contribution in [0.4, 0.5) is 4.39 Å². The third-order valence-corrected chi connectivity index (χ3v) is 5.30. The lowest BCUT2D eigenvalue weighted by Gasteiger charge is -2.17. The molecule has 0 spiro atoms. The van der Waals surface area contributed by atoms with Crippen LogP contribution in [0.5, 0.6) is 11.5 Å². The number of benzene rings is 3. The van der Waals surface area contributed by atoms with E-state index < -0.39 is 11.8 Å². The second-order valence-corrected chi connectivity index (χ2v) is 7.85. The molecule has 0 aliphatic rings. The minimum Gasteiger partial charge on any atom is -0.497 e. The van der Waals surface area contributed by atoms with Crippen LogP contribution in [0.3, 0.4) is 0 Å². The molecule has 4 aromatic rings. The first-order valence-corrected chi connectivity index (χ1v) is 10.8. The molecule has 0 saturated heterocycles. The predicted octanol–water partition coefficient (Wildman–Crippen LogP) is 4.69. The van der Waals surface area contributed by atoms with Crippen LogP contribution >= 0.6 is 0 Å². The summed E-state index contributed by atoms with van der Waals surface area (Å²) < 4.78 is 30.7. The molecule has 4 rings (SSSR count). The van der Waals surface area contributed by atoms with Gasteiger partial charge in [-0.15, -0.1) is 0 Å². The van der Waals surface area contributed by atoms with Crippen LogP contribution in [0.2, 0.25) is 0 Å². The second kappa shape index (κ2) is 10.8. The van der Waals surface area contributed by atoms with Gasteiger partial charge < -0.3 is 19.9 Å². The highest BCUT2D eigenvalue weighted by molar-refractivity contribution is 6.06. The van der Waals surface area contributed by atoms with E-state index in [4.69, 9.17) is 19.9 Å². The first-order chi connectivity index (χ1) is 16.5. The number of ether oxygens (including phenoxy) is 3. The molecular formula is C27H25FN2O4. The van der Waals surface area contributed by atoms with Crippen molar-refractivity contribution in [3.05, 3.63) is 102 Å². The van der Waals surface area contributed by atoms with Crippen molar-refractivity contribution in [3.63, 3.8) is 0 Å². The van der Waals surface area contributed by atoms with Gasteiger partial charge in [0.25, 0.3) is 0 Å². The fourth-order valence-corrected chi connectivity index (χ4v) is 3.64. The molecule has 174 valence electrons. The minimum absolute atomic E-state index is 0.0770. The van der Waals surface area contributed by atoms with E-state index in [9.17, 15) is 9.18 Å². The first kappa shape index (κ1) is 23.2. The van der Waals surface area contributed by atoms with Gasteiger partial charge in [0.2, 0.25) is 0 Å². The molecule has 1 atom stereocenters. The summed E-state index contributed by atoms with van der Waals surface area (Å²) in [6.45, 7) is 0.220. The second-order valence-electron chi connectivity index (χ2n) is 7.85. The largest absolute Gasteiger partial charge is 0.497 e. The zero-order valence-electron chi connectivity index (χ0n) is 18.7. The Balaban J connectivity index is 1.54. The maximum absolute atomic E-state index is 14.0. The molecule has 0 aliphatic carbocycles. The number of halogens is 1. The van der Waals surface area contributed by atoms with Crippen molar-refractivity contribution in [2.24, 2.45) is 5.73 Å². The number of nitrogens with zero attached hydrogens (tertiary/aromatic N) is 1. The molecule has 0 radical (unpaired) electrons. The van der Waals surface area contributed by atoms with Crippen molar-refractivity contribution in [2.45, 2.75) is 19.1 Å². The lowest BCUT2D eigenvalue weighted by atomic mass is 10.1. The molecule has 6 nitrogen and oxygen atoms in total. The number of nitrogens with two attached hydrogens (primary N) is 1. The van der Waals surface area contributed by atoms with Crippen LogP contribution in [0, 0.1) is 5.82 Å². The van der Waals surface area contributed by atoms with E-state index in [0.717, 1.165) is 23.1 Å².